The summed E-state index contributed by atoms with van der Waals surface area (Å²) >= 11 is 0. The van der Waals surface area contributed by atoms with E-state index in [1.165, 1.54) is 24.8 Å². The maximum atomic E-state index is 2.28. The van der Waals surface area contributed by atoms with Crippen LogP contribution in [0.2, 0.25) is 0 Å². The third-order valence-corrected chi connectivity index (χ3v) is 2.28. The molecule has 0 aromatic rings. The van der Waals surface area contributed by atoms with E-state index in [1.807, 2.05) is 0 Å². The average molecular weight is 120 g/mol. The van der Waals surface area contributed by atoms with Crippen molar-refractivity contribution in [1.82, 2.24) is 0 Å². The molecule has 1 fully saturated rings. The quantitative estimate of drug-likeness (QED) is 0.499. The topological polar surface area (TPSA) is 0 Å². The first-order chi connectivity index (χ1) is 4.38. The zero-order valence-corrected chi connectivity index (χ0v) is 5.85. The molecule has 0 N–H and O–H groups in total. The van der Waals surface area contributed by atoms with Crippen LogP contribution in [0, 0.1) is 5.92 Å². The fourth-order valence-electron chi connectivity index (χ4n) is 1.55. The molecule has 2 aliphatic carbocycles. The van der Waals surface area contributed by atoms with E-state index < -0.39 is 0 Å². The summed E-state index contributed by atoms with van der Waals surface area (Å²) in [6.45, 7) is 2.23. The summed E-state index contributed by atoms with van der Waals surface area (Å²) in [5.41, 5.74) is 3.26. The summed E-state index contributed by atoms with van der Waals surface area (Å²) in [5.74, 6) is 0.986. The third kappa shape index (κ3) is 0.827. The first-order valence-electron chi connectivity index (χ1n) is 3.74. The maximum absolute atomic E-state index is 2.28. The summed E-state index contributed by atoms with van der Waals surface area (Å²) < 4.78 is 0. The minimum Gasteiger partial charge on any atom is -0.0802 e. The van der Waals surface area contributed by atoms with Gasteiger partial charge in [-0.15, -0.1) is 0 Å². The van der Waals surface area contributed by atoms with E-state index >= 15 is 0 Å². The van der Waals surface area contributed by atoms with Crippen molar-refractivity contribution >= 4 is 0 Å². The van der Waals surface area contributed by atoms with Gasteiger partial charge in [-0.3, -0.25) is 0 Å². The van der Waals surface area contributed by atoms with Crippen molar-refractivity contribution in [3.8, 4) is 0 Å². The summed E-state index contributed by atoms with van der Waals surface area (Å²) in [4.78, 5) is 0. The van der Waals surface area contributed by atoms with Crippen LogP contribution in [0.4, 0.5) is 0 Å². The standard InChI is InChI=1S/C9H12/c1-7-3-2-4-9(7)8-5-6-8/h2-3,8H,4-6H2,1H3. The second-order valence-electron chi connectivity index (χ2n) is 3.09. The first kappa shape index (κ1) is 5.28. The van der Waals surface area contributed by atoms with E-state index in [9.17, 15) is 0 Å². The molecule has 0 amide bonds. The van der Waals surface area contributed by atoms with Gasteiger partial charge < -0.3 is 0 Å². The average Bonchev–Trinajstić information content (AvgIpc) is 2.58. The summed E-state index contributed by atoms with van der Waals surface area (Å²) in [7, 11) is 0. The van der Waals surface area contributed by atoms with Gasteiger partial charge in [-0.2, -0.15) is 0 Å². The molecule has 0 heterocycles. The first-order valence-corrected chi connectivity index (χ1v) is 3.74. The number of allylic oxidation sites excluding steroid dienone is 4. The molecular weight excluding hydrogens is 108 g/mol. The van der Waals surface area contributed by atoms with Gasteiger partial charge in [0.1, 0.15) is 0 Å². The number of hydrogen-bond acceptors (Lipinski definition) is 0. The minimum absolute atomic E-state index is 0.986. The molecule has 0 spiro atoms. The second kappa shape index (κ2) is 1.73. The predicted octanol–water partition coefficient (Wildman–Crippen LogP) is 2.67. The Morgan fingerprint density at radius 1 is 1.44 bits per heavy atom. The normalized spacial score (nSPS) is 25.9. The van der Waals surface area contributed by atoms with Gasteiger partial charge >= 0.3 is 0 Å². The Morgan fingerprint density at radius 2 is 2.22 bits per heavy atom. The van der Waals surface area contributed by atoms with E-state index in [0.29, 0.717) is 0 Å². The molecule has 0 aliphatic heterocycles. The van der Waals surface area contributed by atoms with Gasteiger partial charge in [0.15, 0.2) is 0 Å². The summed E-state index contributed by atoms with van der Waals surface area (Å²) in [6, 6.07) is 0. The Hall–Kier alpha value is -0.520. The molecule has 48 valence electrons. The third-order valence-electron chi connectivity index (χ3n) is 2.28. The largest absolute Gasteiger partial charge is 0.0802 e. The lowest BCUT2D eigenvalue weighted by Crippen LogP contribution is -1.81. The van der Waals surface area contributed by atoms with Crippen molar-refractivity contribution in [2.45, 2.75) is 26.2 Å². The van der Waals surface area contributed by atoms with Gasteiger partial charge in [-0.1, -0.05) is 23.3 Å². The highest BCUT2D eigenvalue weighted by Crippen LogP contribution is 2.41. The van der Waals surface area contributed by atoms with Gasteiger partial charge in [-0.25, -0.2) is 0 Å². The Balaban J connectivity index is 2.19. The molecule has 2 rings (SSSR count). The van der Waals surface area contributed by atoms with Crippen LogP contribution in [0.5, 0.6) is 0 Å². The molecule has 0 unspecified atom stereocenters. The van der Waals surface area contributed by atoms with Crippen molar-refractivity contribution in [2.75, 3.05) is 0 Å². The van der Waals surface area contributed by atoms with Gasteiger partial charge in [0.05, 0.1) is 0 Å². The van der Waals surface area contributed by atoms with Gasteiger partial charge in [0.2, 0.25) is 0 Å². The lowest BCUT2D eigenvalue weighted by atomic mass is 10.1. The van der Waals surface area contributed by atoms with Crippen molar-refractivity contribution in [3.63, 3.8) is 0 Å². The van der Waals surface area contributed by atoms with Crippen LogP contribution < -0.4 is 0 Å². The Bertz CT molecular complexity index is 180. The van der Waals surface area contributed by atoms with Crippen LogP contribution in [0.25, 0.3) is 0 Å². The lowest BCUT2D eigenvalue weighted by molar-refractivity contribution is 0.952. The molecule has 1 saturated carbocycles. The number of rotatable bonds is 1. The zero-order valence-electron chi connectivity index (χ0n) is 5.85. The molecule has 0 bridgehead atoms. The fraction of sp³-hybridized carbons (Fsp3) is 0.556. The van der Waals surface area contributed by atoms with Crippen LogP contribution in [0.15, 0.2) is 23.3 Å². The monoisotopic (exact) mass is 120 g/mol. The molecule has 0 aromatic carbocycles. The minimum atomic E-state index is 0.986. The van der Waals surface area contributed by atoms with Crippen LogP contribution in [-0.2, 0) is 0 Å². The van der Waals surface area contributed by atoms with E-state index in [0.717, 1.165) is 5.92 Å². The SMILES string of the molecule is CC1=C(C2CC2)CC=C1. The maximum Gasteiger partial charge on any atom is -0.0127 e. The molecule has 0 aromatic heterocycles. The van der Waals surface area contributed by atoms with E-state index in [1.54, 1.807) is 5.57 Å². The molecule has 0 heteroatoms. The summed E-state index contributed by atoms with van der Waals surface area (Å²) in [5, 5.41) is 0. The smallest absolute Gasteiger partial charge is 0.0127 e. The van der Waals surface area contributed by atoms with Crippen LogP contribution in [0.1, 0.15) is 26.2 Å². The molecule has 2 aliphatic rings. The van der Waals surface area contributed by atoms with E-state index in [-0.39, 0.29) is 0 Å². The van der Waals surface area contributed by atoms with E-state index in [4.69, 9.17) is 0 Å². The highest BCUT2D eigenvalue weighted by Gasteiger charge is 2.27. The second-order valence-corrected chi connectivity index (χ2v) is 3.09. The Labute approximate surface area is 56.3 Å². The molecule has 0 atom stereocenters. The lowest BCUT2D eigenvalue weighted by Gasteiger charge is -1.97. The van der Waals surface area contributed by atoms with Gasteiger partial charge in [-0.05, 0) is 32.1 Å². The molecular formula is C9H12. The highest BCUT2D eigenvalue weighted by atomic mass is 14.3. The van der Waals surface area contributed by atoms with Crippen LogP contribution >= 0.6 is 0 Å². The fourth-order valence-corrected chi connectivity index (χ4v) is 1.55. The van der Waals surface area contributed by atoms with Crippen molar-refractivity contribution in [3.05, 3.63) is 23.3 Å². The summed E-state index contributed by atoms with van der Waals surface area (Å²) in [6.07, 6.45) is 8.69. The molecule has 9 heavy (non-hydrogen) atoms. The van der Waals surface area contributed by atoms with Crippen molar-refractivity contribution in [2.24, 2.45) is 5.92 Å². The number of hydrogen-bond donors (Lipinski definition) is 0. The predicted molar refractivity (Wildman–Crippen MR) is 39.2 cm³/mol. The molecule has 0 radical (unpaired) electrons. The van der Waals surface area contributed by atoms with Crippen molar-refractivity contribution in [1.29, 1.82) is 0 Å². The van der Waals surface area contributed by atoms with Gasteiger partial charge in [0, 0.05) is 0 Å². The van der Waals surface area contributed by atoms with Crippen molar-refractivity contribution < 1.29 is 0 Å². The molecule has 0 nitrogen and oxygen atoms in total. The van der Waals surface area contributed by atoms with Crippen LogP contribution in [0.3, 0.4) is 0 Å². The van der Waals surface area contributed by atoms with Gasteiger partial charge in [0.25, 0.3) is 0 Å². The Kier molecular flexibility index (Phi) is 1.01. The van der Waals surface area contributed by atoms with Crippen LogP contribution in [-0.4, -0.2) is 0 Å². The Morgan fingerprint density at radius 3 is 2.67 bits per heavy atom. The zero-order chi connectivity index (χ0) is 6.27. The highest BCUT2D eigenvalue weighted by molar-refractivity contribution is 5.35. The van der Waals surface area contributed by atoms with E-state index in [2.05, 4.69) is 19.1 Å². The molecule has 0 saturated heterocycles.